The molecule has 0 aliphatic rings. The highest BCUT2D eigenvalue weighted by Gasteiger charge is 2.12. The number of anilines is 1. The third kappa shape index (κ3) is 3.20. The predicted molar refractivity (Wildman–Crippen MR) is 58.8 cm³/mol. The van der Waals surface area contributed by atoms with Crippen LogP contribution in [0.3, 0.4) is 0 Å². The lowest BCUT2D eigenvalue weighted by atomic mass is 10.1. The van der Waals surface area contributed by atoms with Crippen molar-refractivity contribution >= 4 is 27.6 Å². The first-order valence-electron chi connectivity index (χ1n) is 4.43. The van der Waals surface area contributed by atoms with Crippen LogP contribution in [0.25, 0.3) is 0 Å². The van der Waals surface area contributed by atoms with Gasteiger partial charge in [-0.25, -0.2) is 4.39 Å². The lowest BCUT2D eigenvalue weighted by Crippen LogP contribution is -2.09. The van der Waals surface area contributed by atoms with Crippen LogP contribution in [-0.4, -0.2) is 12.6 Å². The number of carbonyl (C=O) groups is 1. The van der Waals surface area contributed by atoms with Crippen molar-refractivity contribution in [2.24, 2.45) is 0 Å². The van der Waals surface area contributed by atoms with Crippen molar-refractivity contribution in [2.45, 2.75) is 13.3 Å². The Morgan fingerprint density at radius 2 is 2.27 bits per heavy atom. The highest BCUT2D eigenvalue weighted by molar-refractivity contribution is 9.10. The number of nitrogen functional groups attached to an aromatic ring is 1. The molecule has 0 atom stereocenters. The Hall–Kier alpha value is -1.10. The molecule has 0 aliphatic carbocycles. The largest absolute Gasteiger partial charge is 0.466 e. The SMILES string of the molecule is CCOC(=O)Cc1cc(N)cc(Br)c1F. The monoisotopic (exact) mass is 275 g/mol. The number of hydrogen-bond acceptors (Lipinski definition) is 3. The second-order valence-corrected chi connectivity index (χ2v) is 3.81. The lowest BCUT2D eigenvalue weighted by molar-refractivity contribution is -0.142. The minimum absolute atomic E-state index is 0.108. The van der Waals surface area contributed by atoms with Crippen molar-refractivity contribution in [3.63, 3.8) is 0 Å². The number of halogens is 2. The van der Waals surface area contributed by atoms with Crippen molar-refractivity contribution in [2.75, 3.05) is 12.3 Å². The number of nitrogens with two attached hydrogens (primary N) is 1. The van der Waals surface area contributed by atoms with E-state index in [1.165, 1.54) is 12.1 Å². The van der Waals surface area contributed by atoms with Crippen LogP contribution in [0.4, 0.5) is 10.1 Å². The molecule has 1 aromatic rings. The summed E-state index contributed by atoms with van der Waals surface area (Å²) in [5.74, 6) is -0.939. The first-order chi connectivity index (χ1) is 7.04. The van der Waals surface area contributed by atoms with Gasteiger partial charge in [-0.05, 0) is 35.0 Å². The van der Waals surface area contributed by atoms with Gasteiger partial charge in [0.25, 0.3) is 0 Å². The molecule has 0 aromatic heterocycles. The third-order valence-corrected chi connectivity index (χ3v) is 2.34. The Balaban J connectivity index is 2.89. The summed E-state index contributed by atoms with van der Waals surface area (Å²) in [5.41, 5.74) is 6.17. The fourth-order valence-electron chi connectivity index (χ4n) is 1.17. The number of esters is 1. The van der Waals surface area contributed by atoms with Crippen LogP contribution in [0.2, 0.25) is 0 Å². The summed E-state index contributed by atoms with van der Waals surface area (Å²) in [7, 11) is 0. The molecule has 0 saturated carbocycles. The number of benzene rings is 1. The van der Waals surface area contributed by atoms with Crippen molar-refractivity contribution < 1.29 is 13.9 Å². The number of rotatable bonds is 3. The van der Waals surface area contributed by atoms with E-state index in [-0.39, 0.29) is 23.1 Å². The van der Waals surface area contributed by atoms with E-state index in [9.17, 15) is 9.18 Å². The molecule has 15 heavy (non-hydrogen) atoms. The van der Waals surface area contributed by atoms with Gasteiger partial charge in [-0.2, -0.15) is 0 Å². The smallest absolute Gasteiger partial charge is 0.310 e. The quantitative estimate of drug-likeness (QED) is 0.680. The van der Waals surface area contributed by atoms with E-state index in [4.69, 9.17) is 10.5 Å². The molecule has 0 spiro atoms. The van der Waals surface area contributed by atoms with Crippen LogP contribution in [-0.2, 0) is 16.0 Å². The van der Waals surface area contributed by atoms with Gasteiger partial charge in [0, 0.05) is 11.3 Å². The van der Waals surface area contributed by atoms with Crippen molar-refractivity contribution in [1.82, 2.24) is 0 Å². The van der Waals surface area contributed by atoms with Gasteiger partial charge in [-0.3, -0.25) is 4.79 Å². The summed E-state index contributed by atoms with van der Waals surface area (Å²) in [4.78, 5) is 11.1. The average molecular weight is 276 g/mol. The molecule has 0 bridgehead atoms. The minimum Gasteiger partial charge on any atom is -0.466 e. The molecule has 0 amide bonds. The van der Waals surface area contributed by atoms with E-state index in [0.29, 0.717) is 5.69 Å². The van der Waals surface area contributed by atoms with Gasteiger partial charge in [-0.1, -0.05) is 0 Å². The first-order valence-corrected chi connectivity index (χ1v) is 5.23. The van der Waals surface area contributed by atoms with Crippen LogP contribution in [0, 0.1) is 5.82 Å². The fraction of sp³-hybridized carbons (Fsp3) is 0.300. The van der Waals surface area contributed by atoms with Crippen LogP contribution in [0.15, 0.2) is 16.6 Å². The zero-order chi connectivity index (χ0) is 11.4. The number of ether oxygens (including phenoxy) is 1. The topological polar surface area (TPSA) is 52.3 Å². The van der Waals surface area contributed by atoms with Crippen LogP contribution >= 0.6 is 15.9 Å². The number of hydrogen-bond donors (Lipinski definition) is 1. The first kappa shape index (κ1) is 12.0. The maximum Gasteiger partial charge on any atom is 0.310 e. The Morgan fingerprint density at radius 1 is 1.60 bits per heavy atom. The molecule has 0 fully saturated rings. The highest BCUT2D eigenvalue weighted by atomic mass is 79.9. The van der Waals surface area contributed by atoms with Gasteiger partial charge >= 0.3 is 5.97 Å². The lowest BCUT2D eigenvalue weighted by Gasteiger charge is -2.06. The predicted octanol–water partition coefficient (Wildman–Crippen LogP) is 2.28. The van der Waals surface area contributed by atoms with Gasteiger partial charge in [0.05, 0.1) is 17.5 Å². The molecular weight excluding hydrogens is 265 g/mol. The summed E-state index contributed by atoms with van der Waals surface area (Å²) in [6, 6.07) is 2.88. The van der Waals surface area contributed by atoms with Gasteiger partial charge < -0.3 is 10.5 Å². The Kier molecular flexibility index (Phi) is 4.08. The molecule has 5 heteroatoms. The molecular formula is C10H11BrFNO2. The molecule has 2 N–H and O–H groups in total. The molecule has 0 aliphatic heterocycles. The van der Waals surface area contributed by atoms with Crippen molar-refractivity contribution in [3.8, 4) is 0 Å². The fourth-order valence-corrected chi connectivity index (χ4v) is 1.68. The maximum absolute atomic E-state index is 13.5. The summed E-state index contributed by atoms with van der Waals surface area (Å²) >= 11 is 3.02. The van der Waals surface area contributed by atoms with Crippen LogP contribution in [0.5, 0.6) is 0 Å². The average Bonchev–Trinajstić information content (AvgIpc) is 2.13. The maximum atomic E-state index is 13.5. The van der Waals surface area contributed by atoms with Gasteiger partial charge in [0.15, 0.2) is 0 Å². The highest BCUT2D eigenvalue weighted by Crippen LogP contribution is 2.23. The normalized spacial score (nSPS) is 10.1. The van der Waals surface area contributed by atoms with Gasteiger partial charge in [-0.15, -0.1) is 0 Å². The molecule has 0 saturated heterocycles. The van der Waals surface area contributed by atoms with E-state index < -0.39 is 11.8 Å². The summed E-state index contributed by atoms with van der Waals surface area (Å²) in [6.07, 6.45) is -0.108. The van der Waals surface area contributed by atoms with Crippen molar-refractivity contribution in [1.29, 1.82) is 0 Å². The standard InChI is InChI=1S/C10H11BrFNO2/c1-2-15-9(14)4-6-3-7(13)5-8(11)10(6)12/h3,5H,2,4,13H2,1H3. The molecule has 0 heterocycles. The Morgan fingerprint density at radius 3 is 2.87 bits per heavy atom. The zero-order valence-electron chi connectivity index (χ0n) is 8.22. The molecule has 0 unspecified atom stereocenters. The molecule has 82 valence electrons. The Bertz CT molecular complexity index is 382. The molecule has 1 aromatic carbocycles. The van der Waals surface area contributed by atoms with E-state index >= 15 is 0 Å². The Labute approximate surface area is 95.5 Å². The second-order valence-electron chi connectivity index (χ2n) is 2.96. The van der Waals surface area contributed by atoms with Gasteiger partial charge in [0.1, 0.15) is 5.82 Å². The summed E-state index contributed by atoms with van der Waals surface area (Å²) < 4.78 is 18.4. The molecule has 3 nitrogen and oxygen atoms in total. The zero-order valence-corrected chi connectivity index (χ0v) is 9.80. The van der Waals surface area contributed by atoms with Crippen LogP contribution < -0.4 is 5.73 Å². The molecule has 0 radical (unpaired) electrons. The van der Waals surface area contributed by atoms with E-state index in [1.807, 2.05) is 0 Å². The van der Waals surface area contributed by atoms with Crippen molar-refractivity contribution in [3.05, 3.63) is 28.0 Å². The summed E-state index contributed by atoms with van der Waals surface area (Å²) in [5, 5.41) is 0. The van der Waals surface area contributed by atoms with E-state index in [1.54, 1.807) is 6.92 Å². The van der Waals surface area contributed by atoms with Gasteiger partial charge in [0.2, 0.25) is 0 Å². The minimum atomic E-state index is -0.475. The summed E-state index contributed by atoms with van der Waals surface area (Å²) in [6.45, 7) is 1.98. The third-order valence-electron chi connectivity index (χ3n) is 1.77. The van der Waals surface area contributed by atoms with E-state index in [2.05, 4.69) is 15.9 Å². The van der Waals surface area contributed by atoms with Crippen LogP contribution in [0.1, 0.15) is 12.5 Å². The molecule has 1 rings (SSSR count). The van der Waals surface area contributed by atoms with E-state index in [0.717, 1.165) is 0 Å². The second kappa shape index (κ2) is 5.11. The number of carbonyl (C=O) groups excluding carboxylic acids is 1.